The summed E-state index contributed by atoms with van der Waals surface area (Å²) in [5.74, 6) is 0.283. The lowest BCUT2D eigenvalue weighted by Crippen LogP contribution is -2.37. The Morgan fingerprint density at radius 2 is 2.13 bits per heavy atom. The number of pyridine rings is 1. The average molecular weight is 318 g/mol. The third-order valence-corrected chi connectivity index (χ3v) is 3.56. The summed E-state index contributed by atoms with van der Waals surface area (Å²) in [6, 6.07) is 6.72. The van der Waals surface area contributed by atoms with Gasteiger partial charge in [-0.15, -0.1) is 0 Å². The zero-order valence-corrected chi connectivity index (χ0v) is 13.5. The van der Waals surface area contributed by atoms with E-state index in [-0.39, 0.29) is 11.5 Å². The van der Waals surface area contributed by atoms with E-state index in [0.717, 1.165) is 12.8 Å². The quantitative estimate of drug-likeness (QED) is 0.811. The third kappa shape index (κ3) is 4.32. The molecule has 0 aliphatic rings. The standard InChI is InChI=1S/C17H22N2O4/c1-3-4-9-19(10-12-22-2)17(21)13-7-8-14(18-16(13)20)15-6-5-11-23-15/h5-8,11H,3-4,9-10,12H2,1-2H3,(H,18,20). The van der Waals surface area contributed by atoms with Crippen molar-refractivity contribution in [1.29, 1.82) is 0 Å². The Hall–Kier alpha value is -2.34. The first-order chi connectivity index (χ1) is 11.2. The molecule has 0 saturated carbocycles. The number of rotatable bonds is 8. The summed E-state index contributed by atoms with van der Waals surface area (Å²) in [5.41, 5.74) is 0.267. The van der Waals surface area contributed by atoms with E-state index in [1.807, 2.05) is 0 Å². The van der Waals surface area contributed by atoms with Gasteiger partial charge in [0, 0.05) is 20.2 Å². The first kappa shape index (κ1) is 17.0. The first-order valence-electron chi connectivity index (χ1n) is 7.72. The number of ether oxygens (including phenoxy) is 1. The van der Waals surface area contributed by atoms with Crippen LogP contribution in [0.5, 0.6) is 0 Å². The van der Waals surface area contributed by atoms with E-state index in [4.69, 9.17) is 9.15 Å². The van der Waals surface area contributed by atoms with Crippen molar-refractivity contribution in [3.63, 3.8) is 0 Å². The highest BCUT2D eigenvalue weighted by Gasteiger charge is 2.19. The van der Waals surface area contributed by atoms with E-state index in [1.165, 1.54) is 6.26 Å². The van der Waals surface area contributed by atoms with Gasteiger partial charge in [-0.3, -0.25) is 9.59 Å². The fourth-order valence-corrected chi connectivity index (χ4v) is 2.25. The van der Waals surface area contributed by atoms with Gasteiger partial charge in [0.05, 0.1) is 18.6 Å². The Kier molecular flexibility index (Phi) is 6.17. The van der Waals surface area contributed by atoms with E-state index in [1.54, 1.807) is 36.3 Å². The number of aromatic amines is 1. The lowest BCUT2D eigenvalue weighted by molar-refractivity contribution is 0.0691. The van der Waals surface area contributed by atoms with Crippen molar-refractivity contribution in [2.75, 3.05) is 26.8 Å². The molecule has 0 unspecified atom stereocenters. The molecule has 1 N–H and O–H groups in total. The smallest absolute Gasteiger partial charge is 0.261 e. The minimum absolute atomic E-state index is 0.132. The highest BCUT2D eigenvalue weighted by atomic mass is 16.5. The maximum Gasteiger partial charge on any atom is 0.261 e. The van der Waals surface area contributed by atoms with Gasteiger partial charge in [-0.05, 0) is 30.7 Å². The molecule has 0 saturated heterocycles. The molecule has 1 amide bonds. The number of furan rings is 1. The van der Waals surface area contributed by atoms with Crippen LogP contribution in [0.15, 0.2) is 39.7 Å². The SMILES string of the molecule is CCCCN(CCOC)C(=O)c1ccc(-c2ccco2)[nH]c1=O. The fourth-order valence-electron chi connectivity index (χ4n) is 2.25. The van der Waals surface area contributed by atoms with Crippen LogP contribution in [0.2, 0.25) is 0 Å². The molecule has 2 heterocycles. The van der Waals surface area contributed by atoms with Gasteiger partial charge in [0.15, 0.2) is 0 Å². The van der Waals surface area contributed by atoms with Gasteiger partial charge in [0.1, 0.15) is 11.3 Å². The average Bonchev–Trinajstić information content (AvgIpc) is 3.09. The van der Waals surface area contributed by atoms with Gasteiger partial charge in [0.2, 0.25) is 0 Å². The maximum atomic E-state index is 12.6. The van der Waals surface area contributed by atoms with Crippen LogP contribution in [0.3, 0.4) is 0 Å². The Morgan fingerprint density at radius 3 is 2.74 bits per heavy atom. The number of nitrogens with zero attached hydrogens (tertiary/aromatic N) is 1. The minimum atomic E-state index is -0.414. The molecular weight excluding hydrogens is 296 g/mol. The normalized spacial score (nSPS) is 10.7. The second-order valence-electron chi connectivity index (χ2n) is 5.23. The Morgan fingerprint density at radius 1 is 1.30 bits per heavy atom. The molecule has 0 bridgehead atoms. The van der Waals surface area contributed by atoms with Gasteiger partial charge in [0.25, 0.3) is 11.5 Å². The van der Waals surface area contributed by atoms with E-state index < -0.39 is 5.56 Å². The number of carbonyl (C=O) groups excluding carboxylic acids is 1. The van der Waals surface area contributed by atoms with E-state index in [9.17, 15) is 9.59 Å². The van der Waals surface area contributed by atoms with Crippen LogP contribution < -0.4 is 5.56 Å². The summed E-state index contributed by atoms with van der Waals surface area (Å²) >= 11 is 0. The van der Waals surface area contributed by atoms with Crippen molar-refractivity contribution in [3.05, 3.63) is 46.4 Å². The molecule has 0 aliphatic carbocycles. The Bertz CT molecular complexity index is 668. The molecule has 0 fully saturated rings. The van der Waals surface area contributed by atoms with Crippen LogP contribution in [0.1, 0.15) is 30.1 Å². The number of hydrogen-bond donors (Lipinski definition) is 1. The molecule has 2 rings (SSSR count). The highest BCUT2D eigenvalue weighted by molar-refractivity contribution is 5.94. The predicted molar refractivity (Wildman–Crippen MR) is 87.5 cm³/mol. The second kappa shape index (κ2) is 8.33. The van der Waals surface area contributed by atoms with Crippen molar-refractivity contribution in [2.45, 2.75) is 19.8 Å². The van der Waals surface area contributed by atoms with Crippen LogP contribution in [-0.4, -0.2) is 42.6 Å². The van der Waals surface area contributed by atoms with Gasteiger partial charge in [-0.1, -0.05) is 13.3 Å². The lowest BCUT2D eigenvalue weighted by Gasteiger charge is -2.22. The summed E-state index contributed by atoms with van der Waals surface area (Å²) in [7, 11) is 1.59. The van der Waals surface area contributed by atoms with Gasteiger partial charge >= 0.3 is 0 Å². The van der Waals surface area contributed by atoms with Crippen molar-refractivity contribution >= 4 is 5.91 Å². The third-order valence-electron chi connectivity index (χ3n) is 3.56. The fraction of sp³-hybridized carbons (Fsp3) is 0.412. The zero-order valence-electron chi connectivity index (χ0n) is 13.5. The number of nitrogens with one attached hydrogen (secondary N) is 1. The number of H-pyrrole nitrogens is 1. The molecule has 0 aromatic carbocycles. The number of carbonyl (C=O) groups is 1. The second-order valence-corrected chi connectivity index (χ2v) is 5.23. The van der Waals surface area contributed by atoms with Crippen LogP contribution in [0, 0.1) is 0 Å². The van der Waals surface area contributed by atoms with Crippen LogP contribution in [0.4, 0.5) is 0 Å². The number of methoxy groups -OCH3 is 1. The van der Waals surface area contributed by atoms with Crippen molar-refractivity contribution in [2.24, 2.45) is 0 Å². The van der Waals surface area contributed by atoms with Crippen molar-refractivity contribution in [3.8, 4) is 11.5 Å². The first-order valence-corrected chi connectivity index (χ1v) is 7.72. The maximum absolute atomic E-state index is 12.6. The van der Waals surface area contributed by atoms with Crippen LogP contribution in [-0.2, 0) is 4.74 Å². The minimum Gasteiger partial charge on any atom is -0.463 e. The van der Waals surface area contributed by atoms with Crippen molar-refractivity contribution < 1.29 is 13.9 Å². The van der Waals surface area contributed by atoms with Gasteiger partial charge < -0.3 is 19.0 Å². The molecule has 6 nitrogen and oxygen atoms in total. The number of hydrogen-bond acceptors (Lipinski definition) is 4. The van der Waals surface area contributed by atoms with Gasteiger partial charge in [-0.25, -0.2) is 0 Å². The largest absolute Gasteiger partial charge is 0.463 e. The molecule has 23 heavy (non-hydrogen) atoms. The topological polar surface area (TPSA) is 75.5 Å². The van der Waals surface area contributed by atoms with Crippen molar-refractivity contribution in [1.82, 2.24) is 9.88 Å². The molecule has 0 atom stereocenters. The zero-order chi connectivity index (χ0) is 16.7. The molecule has 6 heteroatoms. The summed E-state index contributed by atoms with van der Waals surface area (Å²) < 4.78 is 10.3. The predicted octanol–water partition coefficient (Wildman–Crippen LogP) is 2.52. The molecule has 2 aromatic rings. The number of amides is 1. The van der Waals surface area contributed by atoms with E-state index >= 15 is 0 Å². The summed E-state index contributed by atoms with van der Waals surface area (Å²) in [5, 5.41) is 0. The molecule has 0 radical (unpaired) electrons. The lowest BCUT2D eigenvalue weighted by atomic mass is 10.2. The molecule has 124 valence electrons. The Labute approximate surface area is 135 Å². The molecule has 0 spiro atoms. The number of aromatic nitrogens is 1. The summed E-state index contributed by atoms with van der Waals surface area (Å²) in [4.78, 5) is 29.2. The summed E-state index contributed by atoms with van der Waals surface area (Å²) in [6.45, 7) is 3.58. The van der Waals surface area contributed by atoms with Crippen LogP contribution >= 0.6 is 0 Å². The highest BCUT2D eigenvalue weighted by Crippen LogP contribution is 2.16. The number of unbranched alkanes of at least 4 members (excludes halogenated alkanes) is 1. The monoisotopic (exact) mass is 318 g/mol. The molecule has 0 aliphatic heterocycles. The van der Waals surface area contributed by atoms with E-state index in [2.05, 4.69) is 11.9 Å². The van der Waals surface area contributed by atoms with Crippen LogP contribution in [0.25, 0.3) is 11.5 Å². The molecule has 2 aromatic heterocycles. The van der Waals surface area contributed by atoms with Gasteiger partial charge in [-0.2, -0.15) is 0 Å². The summed E-state index contributed by atoms with van der Waals surface area (Å²) in [6.07, 6.45) is 3.40. The van der Waals surface area contributed by atoms with E-state index in [0.29, 0.717) is 31.2 Å². The molecular formula is C17H22N2O4. The Balaban J connectivity index is 2.21.